The molecule has 3 aromatic rings. The number of amides is 1. The van der Waals surface area contributed by atoms with Crippen molar-refractivity contribution in [1.82, 2.24) is 4.57 Å². The van der Waals surface area contributed by atoms with E-state index in [-0.39, 0.29) is 11.6 Å². The van der Waals surface area contributed by atoms with E-state index in [1.54, 1.807) is 30.3 Å². The van der Waals surface area contributed by atoms with Gasteiger partial charge in [-0.3, -0.25) is 14.9 Å². The molecule has 2 aromatic carbocycles. The van der Waals surface area contributed by atoms with Crippen molar-refractivity contribution in [2.45, 2.75) is 6.54 Å². The number of fused-ring (bicyclic) bond motifs is 1. The Balaban J connectivity index is 2.03. The Morgan fingerprint density at radius 1 is 1.30 bits per heavy atom. The number of benzene rings is 2. The zero-order valence-corrected chi connectivity index (χ0v) is 13.9. The molecule has 0 spiro atoms. The van der Waals surface area contributed by atoms with Gasteiger partial charge in [-0.05, 0) is 6.07 Å². The van der Waals surface area contributed by atoms with Crippen LogP contribution in [0.25, 0.3) is 10.9 Å². The second kappa shape index (κ2) is 7.08. The fraction of sp³-hybridized carbons (Fsp3) is 0.0556. The molecular formula is C18H13N4O5-. The Morgan fingerprint density at radius 2 is 2.04 bits per heavy atom. The van der Waals surface area contributed by atoms with Gasteiger partial charge in [0.25, 0.3) is 11.6 Å². The number of rotatable bonds is 5. The van der Waals surface area contributed by atoms with Crippen molar-refractivity contribution in [1.29, 1.82) is 0 Å². The zero-order valence-electron chi connectivity index (χ0n) is 13.9. The Bertz CT molecular complexity index is 1100. The largest absolute Gasteiger partial charge is 0.872 e. The molecule has 0 aliphatic carbocycles. The Morgan fingerprint density at radius 3 is 2.74 bits per heavy atom. The van der Waals surface area contributed by atoms with Gasteiger partial charge in [-0.25, -0.2) is 0 Å². The molecule has 0 bridgehead atoms. The van der Waals surface area contributed by atoms with Gasteiger partial charge in [0.1, 0.15) is 0 Å². The number of allylic oxidation sites excluding steroid dienone is 1. The first-order valence-corrected chi connectivity index (χ1v) is 7.76. The van der Waals surface area contributed by atoms with Crippen molar-refractivity contribution in [3.8, 4) is 11.6 Å². The van der Waals surface area contributed by atoms with Crippen LogP contribution in [-0.2, 0) is 6.54 Å². The molecule has 0 aliphatic heterocycles. The predicted octanol–water partition coefficient (Wildman–Crippen LogP) is 3.44. The number of nitro benzene ring substituents is 1. The molecule has 0 saturated heterocycles. The standard InChI is InChI=1S/C18H14N4O5/c1-2-9-21-14-6-4-3-5-12(14)16(18(21)25)19-20-17(24)13-10-11(22(26)27)7-8-15(13)23/h2-8,10,23,25H,1,9H2/p-1. The molecule has 136 valence electrons. The van der Waals surface area contributed by atoms with Gasteiger partial charge >= 0.3 is 0 Å². The normalized spacial score (nSPS) is 11.1. The van der Waals surface area contributed by atoms with Crippen LogP contribution in [-0.4, -0.2) is 20.5 Å². The minimum absolute atomic E-state index is 0.0543. The molecule has 0 unspecified atom stereocenters. The highest BCUT2D eigenvalue weighted by atomic mass is 16.6. The number of nitrogens with zero attached hydrogens (tertiary/aromatic N) is 4. The number of aromatic nitrogens is 1. The third-order valence-electron chi connectivity index (χ3n) is 3.87. The Hall–Kier alpha value is -4.01. The number of carbonyl (C=O) groups is 1. The summed E-state index contributed by atoms with van der Waals surface area (Å²) in [5.41, 5.74) is -0.157. The summed E-state index contributed by atoms with van der Waals surface area (Å²) in [5.74, 6) is -1.96. The summed E-state index contributed by atoms with van der Waals surface area (Å²) in [7, 11) is 0. The topological polar surface area (TPSA) is 133 Å². The average Bonchev–Trinajstić information content (AvgIpc) is 2.92. The lowest BCUT2D eigenvalue weighted by molar-refractivity contribution is -0.385. The highest BCUT2D eigenvalue weighted by Gasteiger charge is 2.17. The molecule has 0 fully saturated rings. The van der Waals surface area contributed by atoms with Crippen LogP contribution in [0.3, 0.4) is 0 Å². The van der Waals surface area contributed by atoms with E-state index in [1.165, 1.54) is 4.57 Å². The van der Waals surface area contributed by atoms with E-state index in [9.17, 15) is 25.1 Å². The number of nitro groups is 1. The average molecular weight is 365 g/mol. The number of aromatic hydroxyl groups is 1. The third kappa shape index (κ3) is 3.25. The van der Waals surface area contributed by atoms with Crippen LogP contribution in [0.2, 0.25) is 0 Å². The van der Waals surface area contributed by atoms with E-state index in [2.05, 4.69) is 16.8 Å². The van der Waals surface area contributed by atoms with Crippen LogP contribution < -0.4 is 5.11 Å². The minimum Gasteiger partial charge on any atom is -0.872 e. The van der Waals surface area contributed by atoms with E-state index >= 15 is 0 Å². The predicted molar refractivity (Wildman–Crippen MR) is 95.2 cm³/mol. The Kier molecular flexibility index (Phi) is 4.67. The molecular weight excluding hydrogens is 352 g/mol. The summed E-state index contributed by atoms with van der Waals surface area (Å²) >= 11 is 0. The van der Waals surface area contributed by atoms with Crippen LogP contribution in [0, 0.1) is 10.1 Å². The van der Waals surface area contributed by atoms with Crippen LogP contribution >= 0.6 is 0 Å². The lowest BCUT2D eigenvalue weighted by Gasteiger charge is -2.08. The van der Waals surface area contributed by atoms with Crippen molar-refractivity contribution in [3.05, 3.63) is 70.8 Å². The SMILES string of the molecule is C=CCn1c(O)c(N=NC(=O)c2cc([N+](=O)[O-])ccc2[O-])c2ccccc21. The maximum Gasteiger partial charge on any atom is 0.295 e. The van der Waals surface area contributed by atoms with Gasteiger partial charge in [0, 0.05) is 29.6 Å². The molecule has 1 amide bonds. The molecule has 9 heteroatoms. The summed E-state index contributed by atoms with van der Waals surface area (Å²) in [6.07, 6.45) is 1.59. The molecule has 0 aliphatic rings. The fourth-order valence-electron chi connectivity index (χ4n) is 2.63. The fourth-order valence-corrected chi connectivity index (χ4v) is 2.63. The molecule has 1 heterocycles. The minimum atomic E-state index is -1.04. The van der Waals surface area contributed by atoms with Gasteiger partial charge in [-0.2, -0.15) is 0 Å². The van der Waals surface area contributed by atoms with Gasteiger partial charge in [0.15, 0.2) is 5.69 Å². The van der Waals surface area contributed by atoms with Gasteiger partial charge in [-0.1, -0.05) is 36.1 Å². The molecule has 9 nitrogen and oxygen atoms in total. The highest BCUT2D eigenvalue weighted by molar-refractivity contribution is 5.99. The van der Waals surface area contributed by atoms with Crippen molar-refractivity contribution >= 4 is 28.2 Å². The van der Waals surface area contributed by atoms with Crippen LogP contribution in [0.5, 0.6) is 11.6 Å². The number of hydrogen-bond acceptors (Lipinski definition) is 6. The summed E-state index contributed by atoms with van der Waals surface area (Å²) in [4.78, 5) is 22.3. The van der Waals surface area contributed by atoms with Gasteiger partial charge < -0.3 is 14.8 Å². The Labute approximate surface area is 152 Å². The molecule has 0 saturated carbocycles. The smallest absolute Gasteiger partial charge is 0.295 e. The molecule has 0 radical (unpaired) electrons. The highest BCUT2D eigenvalue weighted by Crippen LogP contribution is 2.39. The molecule has 1 aromatic heterocycles. The summed E-state index contributed by atoms with van der Waals surface area (Å²) in [5, 5.41) is 40.8. The van der Waals surface area contributed by atoms with Crippen LogP contribution in [0.1, 0.15) is 10.4 Å². The van der Waals surface area contributed by atoms with E-state index in [4.69, 9.17) is 0 Å². The van der Waals surface area contributed by atoms with E-state index in [0.29, 0.717) is 17.4 Å². The lowest BCUT2D eigenvalue weighted by Crippen LogP contribution is -2.03. The number of hydrogen-bond donors (Lipinski definition) is 1. The monoisotopic (exact) mass is 365 g/mol. The van der Waals surface area contributed by atoms with Gasteiger partial charge in [0.05, 0.1) is 10.4 Å². The van der Waals surface area contributed by atoms with Crippen molar-refractivity contribution in [2.75, 3.05) is 0 Å². The van der Waals surface area contributed by atoms with Crippen LogP contribution in [0.4, 0.5) is 11.4 Å². The van der Waals surface area contributed by atoms with Gasteiger partial charge in [-0.15, -0.1) is 16.8 Å². The number of carbonyl (C=O) groups excluding carboxylic acids is 1. The molecule has 3 rings (SSSR count). The summed E-state index contributed by atoms with van der Waals surface area (Å²) in [6, 6.07) is 9.75. The maximum atomic E-state index is 12.2. The first kappa shape index (κ1) is 17.8. The molecule has 1 N–H and O–H groups in total. The lowest BCUT2D eigenvalue weighted by atomic mass is 10.1. The van der Waals surface area contributed by atoms with Crippen LogP contribution in [0.15, 0.2) is 65.3 Å². The number of para-hydroxylation sites is 1. The summed E-state index contributed by atoms with van der Waals surface area (Å²) < 4.78 is 1.54. The zero-order chi connectivity index (χ0) is 19.6. The first-order chi connectivity index (χ1) is 12.9. The second-order valence-corrected chi connectivity index (χ2v) is 5.53. The second-order valence-electron chi connectivity index (χ2n) is 5.53. The van der Waals surface area contributed by atoms with Crippen molar-refractivity contribution < 1.29 is 19.9 Å². The quantitative estimate of drug-likeness (QED) is 0.320. The number of non-ortho nitro benzene ring substituents is 1. The molecule has 27 heavy (non-hydrogen) atoms. The first-order valence-electron chi connectivity index (χ1n) is 7.76. The third-order valence-corrected chi connectivity index (χ3v) is 3.87. The summed E-state index contributed by atoms with van der Waals surface area (Å²) in [6.45, 7) is 3.94. The maximum absolute atomic E-state index is 12.2. The van der Waals surface area contributed by atoms with E-state index in [0.717, 1.165) is 18.2 Å². The van der Waals surface area contributed by atoms with Crippen molar-refractivity contribution in [2.24, 2.45) is 10.2 Å². The van der Waals surface area contributed by atoms with Crippen molar-refractivity contribution in [3.63, 3.8) is 0 Å². The van der Waals surface area contributed by atoms with E-state index in [1.807, 2.05) is 0 Å². The van der Waals surface area contributed by atoms with E-state index < -0.39 is 27.8 Å². The molecule has 0 atom stereocenters. The number of azo groups is 1. The van der Waals surface area contributed by atoms with Gasteiger partial charge in [0.2, 0.25) is 5.88 Å².